The quantitative estimate of drug-likeness (QED) is 0.746. The fourth-order valence-electron chi connectivity index (χ4n) is 3.24. The molecule has 0 spiro atoms. The van der Waals surface area contributed by atoms with Crippen LogP contribution in [-0.2, 0) is 6.54 Å². The van der Waals surface area contributed by atoms with Gasteiger partial charge in [-0.1, -0.05) is 60.7 Å². The summed E-state index contributed by atoms with van der Waals surface area (Å²) in [5, 5.41) is 0. The fraction of sp³-hybridized carbons (Fsp3) is 0.136. The Morgan fingerprint density at radius 1 is 0.840 bits per heavy atom. The summed E-state index contributed by atoms with van der Waals surface area (Å²) < 4.78 is 0. The van der Waals surface area contributed by atoms with E-state index in [1.54, 1.807) is 0 Å². The van der Waals surface area contributed by atoms with Crippen LogP contribution in [0, 0.1) is 0 Å². The van der Waals surface area contributed by atoms with Crippen molar-refractivity contribution in [2.45, 2.75) is 19.0 Å². The molecule has 2 N–H and O–H groups in total. The Morgan fingerprint density at radius 2 is 1.48 bits per heavy atom. The van der Waals surface area contributed by atoms with Gasteiger partial charge in [-0.3, -0.25) is 0 Å². The zero-order valence-corrected chi connectivity index (χ0v) is 14.0. The van der Waals surface area contributed by atoms with Crippen molar-refractivity contribution < 1.29 is 0 Å². The van der Waals surface area contributed by atoms with Gasteiger partial charge in [0.1, 0.15) is 5.84 Å². The van der Waals surface area contributed by atoms with Crippen LogP contribution in [0.5, 0.6) is 0 Å². The highest BCUT2D eigenvalue weighted by Gasteiger charge is 2.36. The van der Waals surface area contributed by atoms with Crippen LogP contribution < -0.4 is 10.6 Å². The molecule has 0 bridgehead atoms. The number of nitrogens with zero attached hydrogens (tertiary/aromatic N) is 2. The molecule has 25 heavy (non-hydrogen) atoms. The average molecular weight is 327 g/mol. The zero-order chi connectivity index (χ0) is 17.1. The molecule has 4 rings (SSSR count). The first-order chi connectivity index (χ1) is 12.3. The number of anilines is 1. The van der Waals surface area contributed by atoms with Crippen molar-refractivity contribution in [3.05, 3.63) is 96.1 Å². The number of aliphatic imine (C=N–C) groups is 1. The van der Waals surface area contributed by atoms with E-state index in [1.165, 1.54) is 11.3 Å². The molecule has 1 atom stereocenters. The summed E-state index contributed by atoms with van der Waals surface area (Å²) in [6.07, 6.45) is 0.936. The van der Waals surface area contributed by atoms with Gasteiger partial charge in [0.25, 0.3) is 0 Å². The van der Waals surface area contributed by atoms with Crippen LogP contribution in [0.2, 0.25) is 0 Å². The Bertz CT molecular complexity index is 855. The van der Waals surface area contributed by atoms with E-state index in [-0.39, 0.29) is 0 Å². The largest absolute Gasteiger partial charge is 0.326 e. The topological polar surface area (TPSA) is 41.6 Å². The second-order valence-electron chi connectivity index (χ2n) is 6.23. The van der Waals surface area contributed by atoms with Crippen LogP contribution in [0.1, 0.15) is 23.6 Å². The minimum atomic E-state index is 0.316. The van der Waals surface area contributed by atoms with Crippen LogP contribution in [0.4, 0.5) is 11.4 Å². The SMILES string of the molecule is NCc1ccc(C2CC(=Nc3ccccc3)N2c2ccccc2)cc1. The van der Waals surface area contributed by atoms with Crippen molar-refractivity contribution in [2.75, 3.05) is 4.90 Å². The molecular weight excluding hydrogens is 306 g/mol. The summed E-state index contributed by atoms with van der Waals surface area (Å²) in [6.45, 7) is 0.577. The van der Waals surface area contributed by atoms with E-state index in [0.717, 1.165) is 23.5 Å². The van der Waals surface area contributed by atoms with Crippen LogP contribution in [0.15, 0.2) is 89.9 Å². The van der Waals surface area contributed by atoms with E-state index < -0.39 is 0 Å². The minimum absolute atomic E-state index is 0.316. The summed E-state index contributed by atoms with van der Waals surface area (Å²) in [7, 11) is 0. The molecular formula is C22H21N3. The highest BCUT2D eigenvalue weighted by molar-refractivity contribution is 6.06. The number of para-hydroxylation sites is 2. The monoisotopic (exact) mass is 327 g/mol. The predicted octanol–water partition coefficient (Wildman–Crippen LogP) is 4.83. The number of hydrogen-bond donors (Lipinski definition) is 1. The van der Waals surface area contributed by atoms with E-state index in [0.29, 0.717) is 12.6 Å². The molecule has 1 aliphatic heterocycles. The lowest BCUT2D eigenvalue weighted by atomic mass is 9.91. The van der Waals surface area contributed by atoms with Gasteiger partial charge in [0.05, 0.1) is 11.7 Å². The Hall–Kier alpha value is -2.91. The van der Waals surface area contributed by atoms with Crippen molar-refractivity contribution in [2.24, 2.45) is 10.7 Å². The maximum absolute atomic E-state index is 5.72. The van der Waals surface area contributed by atoms with Gasteiger partial charge in [-0.15, -0.1) is 0 Å². The normalized spacial score (nSPS) is 18.2. The highest BCUT2D eigenvalue weighted by atomic mass is 15.3. The van der Waals surface area contributed by atoms with E-state index >= 15 is 0 Å². The molecule has 124 valence electrons. The molecule has 0 saturated carbocycles. The molecule has 0 aromatic heterocycles. The molecule has 0 radical (unpaired) electrons. The molecule has 1 saturated heterocycles. The third-order valence-corrected chi connectivity index (χ3v) is 4.61. The number of hydrogen-bond acceptors (Lipinski definition) is 2. The van der Waals surface area contributed by atoms with Crippen LogP contribution in [0.25, 0.3) is 0 Å². The van der Waals surface area contributed by atoms with Gasteiger partial charge >= 0.3 is 0 Å². The summed E-state index contributed by atoms with van der Waals surface area (Å²) in [4.78, 5) is 7.18. The molecule has 1 aliphatic rings. The van der Waals surface area contributed by atoms with E-state index in [9.17, 15) is 0 Å². The number of rotatable bonds is 4. The van der Waals surface area contributed by atoms with Crippen molar-refractivity contribution in [3.63, 3.8) is 0 Å². The smallest absolute Gasteiger partial charge is 0.112 e. The Morgan fingerprint density at radius 3 is 2.12 bits per heavy atom. The van der Waals surface area contributed by atoms with Gasteiger partial charge in [-0.05, 0) is 35.4 Å². The summed E-state index contributed by atoms with van der Waals surface area (Å²) in [6, 6.07) is 29.5. The van der Waals surface area contributed by atoms with Gasteiger partial charge in [0.15, 0.2) is 0 Å². The number of amidine groups is 1. The van der Waals surface area contributed by atoms with Crippen molar-refractivity contribution in [3.8, 4) is 0 Å². The van der Waals surface area contributed by atoms with Gasteiger partial charge in [-0.25, -0.2) is 4.99 Å². The summed E-state index contributed by atoms with van der Waals surface area (Å²) in [5.41, 5.74) is 10.4. The van der Waals surface area contributed by atoms with E-state index in [1.807, 2.05) is 36.4 Å². The van der Waals surface area contributed by atoms with Crippen LogP contribution in [0.3, 0.4) is 0 Å². The second kappa shape index (κ2) is 6.91. The van der Waals surface area contributed by atoms with Crippen LogP contribution >= 0.6 is 0 Å². The van der Waals surface area contributed by atoms with Crippen LogP contribution in [-0.4, -0.2) is 5.84 Å². The lowest BCUT2D eigenvalue weighted by Gasteiger charge is -2.44. The Kier molecular flexibility index (Phi) is 4.32. The van der Waals surface area contributed by atoms with Gasteiger partial charge in [-0.2, -0.15) is 0 Å². The average Bonchev–Trinajstić information content (AvgIpc) is 2.67. The Labute approximate surface area is 148 Å². The number of benzene rings is 3. The second-order valence-corrected chi connectivity index (χ2v) is 6.23. The third kappa shape index (κ3) is 3.19. The lowest BCUT2D eigenvalue weighted by Crippen LogP contribution is -2.46. The minimum Gasteiger partial charge on any atom is -0.326 e. The fourth-order valence-corrected chi connectivity index (χ4v) is 3.24. The van der Waals surface area contributed by atoms with Crippen molar-refractivity contribution in [1.82, 2.24) is 0 Å². The molecule has 1 heterocycles. The highest BCUT2D eigenvalue weighted by Crippen LogP contribution is 2.40. The standard InChI is InChI=1S/C22H21N3/c23-16-17-11-13-18(14-12-17)21-15-22(24-19-7-3-1-4-8-19)25(21)20-9-5-2-6-10-20/h1-14,21H,15-16,23H2. The number of nitrogens with two attached hydrogens (primary N) is 1. The molecule has 1 fully saturated rings. The van der Waals surface area contributed by atoms with Crippen molar-refractivity contribution in [1.29, 1.82) is 0 Å². The molecule has 0 amide bonds. The third-order valence-electron chi connectivity index (χ3n) is 4.61. The molecule has 0 aliphatic carbocycles. The first kappa shape index (κ1) is 15.6. The predicted molar refractivity (Wildman–Crippen MR) is 104 cm³/mol. The molecule has 3 aromatic rings. The molecule has 3 nitrogen and oxygen atoms in total. The maximum atomic E-state index is 5.72. The first-order valence-corrected chi connectivity index (χ1v) is 8.61. The van der Waals surface area contributed by atoms with E-state index in [4.69, 9.17) is 10.7 Å². The zero-order valence-electron chi connectivity index (χ0n) is 14.0. The van der Waals surface area contributed by atoms with Crippen molar-refractivity contribution >= 4 is 17.2 Å². The summed E-state index contributed by atoms with van der Waals surface area (Å²) >= 11 is 0. The Balaban J connectivity index is 1.67. The lowest BCUT2D eigenvalue weighted by molar-refractivity contribution is 0.652. The van der Waals surface area contributed by atoms with Gasteiger partial charge < -0.3 is 10.6 Å². The maximum Gasteiger partial charge on any atom is 0.112 e. The van der Waals surface area contributed by atoms with Gasteiger partial charge in [0, 0.05) is 18.7 Å². The first-order valence-electron chi connectivity index (χ1n) is 8.61. The van der Waals surface area contributed by atoms with Gasteiger partial charge in [0.2, 0.25) is 0 Å². The van der Waals surface area contributed by atoms with E-state index in [2.05, 4.69) is 53.4 Å². The molecule has 3 heteroatoms. The molecule has 1 unspecified atom stereocenters. The molecule has 3 aromatic carbocycles. The summed E-state index contributed by atoms with van der Waals surface area (Å²) in [5.74, 6) is 1.10.